The van der Waals surface area contributed by atoms with Crippen LogP contribution in [0.5, 0.6) is 11.5 Å². The summed E-state index contributed by atoms with van der Waals surface area (Å²) in [4.78, 5) is 0. The maximum atomic E-state index is 9.22. The molecule has 162 valence electrons. The van der Waals surface area contributed by atoms with Gasteiger partial charge < -0.3 is 10.2 Å². The first kappa shape index (κ1) is 28.6. The Balaban J connectivity index is 0.000000401. The summed E-state index contributed by atoms with van der Waals surface area (Å²) in [6.07, 6.45) is 0. The van der Waals surface area contributed by atoms with Gasteiger partial charge in [-0.15, -0.1) is 0 Å². The van der Waals surface area contributed by atoms with E-state index in [1.165, 1.54) is 11.1 Å². The fourth-order valence-electron chi connectivity index (χ4n) is 2.53. The van der Waals surface area contributed by atoms with Crippen molar-refractivity contribution in [3.05, 3.63) is 118 Å². The first-order chi connectivity index (χ1) is 14.2. The summed E-state index contributed by atoms with van der Waals surface area (Å²) in [7, 11) is 0. The Bertz CT molecular complexity index is 752. The molecule has 4 aromatic carbocycles. The Kier molecular flexibility index (Phi) is 14.2. The molecular formula is C28H34O2Zr. The molecule has 0 atom stereocenters. The van der Waals surface area contributed by atoms with Crippen LogP contribution < -0.4 is 0 Å². The van der Waals surface area contributed by atoms with E-state index < -0.39 is 0 Å². The van der Waals surface area contributed by atoms with E-state index in [4.69, 9.17) is 0 Å². The van der Waals surface area contributed by atoms with Gasteiger partial charge in [0.15, 0.2) is 0 Å². The zero-order chi connectivity index (χ0) is 22.5. The standard InChI is InChI=1S/2C9H12O.2C5H5.Zr/c2*1-6-4-8(3)9(10)5-7(6)2;2*1-2-4-5-3-1;/h2*4-5,10H,1-3H3;2*1-5H;/q;;2*-1;+2. The van der Waals surface area contributed by atoms with Crippen molar-refractivity contribution in [1.29, 1.82) is 0 Å². The SMILES string of the molecule is Cc1cc(C)c(O)cc1C.Cc1cc(C)c(O)cc1C.[Zr+2].c1cc[cH-]c1.c1cc[cH-]c1. The Morgan fingerprint density at radius 1 is 0.452 bits per heavy atom. The monoisotopic (exact) mass is 492 g/mol. The van der Waals surface area contributed by atoms with Gasteiger partial charge in [-0.05, 0) is 87.1 Å². The Hall–Kier alpha value is -2.38. The van der Waals surface area contributed by atoms with Crippen LogP contribution in [0.2, 0.25) is 0 Å². The van der Waals surface area contributed by atoms with Crippen LogP contribution in [0.3, 0.4) is 0 Å². The topological polar surface area (TPSA) is 40.5 Å². The van der Waals surface area contributed by atoms with Gasteiger partial charge in [-0.1, -0.05) is 12.1 Å². The van der Waals surface area contributed by atoms with E-state index in [2.05, 4.69) is 0 Å². The van der Waals surface area contributed by atoms with Gasteiger partial charge in [-0.25, -0.2) is 24.3 Å². The summed E-state index contributed by atoms with van der Waals surface area (Å²) in [6, 6.07) is 27.6. The Morgan fingerprint density at radius 3 is 0.903 bits per heavy atom. The third-order valence-corrected chi connectivity index (χ3v) is 4.74. The number of aromatic hydroxyl groups is 2. The van der Waals surface area contributed by atoms with Gasteiger partial charge in [0.05, 0.1) is 0 Å². The maximum absolute atomic E-state index is 9.22. The summed E-state index contributed by atoms with van der Waals surface area (Å²) >= 11 is 0. The number of phenols is 2. The molecule has 0 saturated heterocycles. The van der Waals surface area contributed by atoms with E-state index in [0.717, 1.165) is 22.3 Å². The fourth-order valence-corrected chi connectivity index (χ4v) is 2.53. The van der Waals surface area contributed by atoms with Crippen LogP contribution in [-0.2, 0) is 26.2 Å². The van der Waals surface area contributed by atoms with Gasteiger partial charge in [-0.3, -0.25) is 0 Å². The van der Waals surface area contributed by atoms with E-state index in [1.807, 2.05) is 114 Å². The van der Waals surface area contributed by atoms with E-state index in [0.29, 0.717) is 11.5 Å². The maximum Gasteiger partial charge on any atom is 2.00 e. The van der Waals surface area contributed by atoms with E-state index in [1.54, 1.807) is 12.1 Å². The van der Waals surface area contributed by atoms with Crippen molar-refractivity contribution in [3.63, 3.8) is 0 Å². The first-order valence-electron chi connectivity index (χ1n) is 10.1. The normalized spacial score (nSPS) is 8.97. The fraction of sp³-hybridized carbons (Fsp3) is 0.214. The summed E-state index contributed by atoms with van der Waals surface area (Å²) in [6.45, 7) is 11.9. The van der Waals surface area contributed by atoms with Gasteiger partial charge >= 0.3 is 26.2 Å². The van der Waals surface area contributed by atoms with Crippen LogP contribution in [-0.4, -0.2) is 10.2 Å². The molecule has 3 heteroatoms. The van der Waals surface area contributed by atoms with Crippen molar-refractivity contribution < 1.29 is 36.4 Å². The first-order valence-corrected chi connectivity index (χ1v) is 10.1. The molecule has 0 aliphatic heterocycles. The number of hydrogen-bond donors (Lipinski definition) is 2. The molecule has 0 amide bonds. The zero-order valence-electron chi connectivity index (χ0n) is 19.5. The van der Waals surface area contributed by atoms with Crippen molar-refractivity contribution in [2.24, 2.45) is 0 Å². The second-order valence-electron chi connectivity index (χ2n) is 7.37. The largest absolute Gasteiger partial charge is 2.00 e. The van der Waals surface area contributed by atoms with Gasteiger partial charge in [0.1, 0.15) is 11.5 Å². The Labute approximate surface area is 207 Å². The summed E-state index contributed by atoms with van der Waals surface area (Å²) in [5.41, 5.74) is 6.64. The van der Waals surface area contributed by atoms with E-state index >= 15 is 0 Å². The quantitative estimate of drug-likeness (QED) is 0.250. The molecule has 0 spiro atoms. The van der Waals surface area contributed by atoms with Crippen molar-refractivity contribution in [3.8, 4) is 11.5 Å². The van der Waals surface area contributed by atoms with Crippen molar-refractivity contribution in [2.75, 3.05) is 0 Å². The minimum absolute atomic E-state index is 0. The molecule has 0 bridgehead atoms. The third-order valence-electron chi connectivity index (χ3n) is 4.74. The van der Waals surface area contributed by atoms with E-state index in [9.17, 15) is 10.2 Å². The molecule has 0 radical (unpaired) electrons. The predicted molar refractivity (Wildman–Crippen MR) is 129 cm³/mol. The number of rotatable bonds is 0. The van der Waals surface area contributed by atoms with Crippen LogP contribution in [0.25, 0.3) is 0 Å². The van der Waals surface area contributed by atoms with Gasteiger partial charge in [-0.2, -0.15) is 36.4 Å². The second-order valence-corrected chi connectivity index (χ2v) is 7.37. The molecular weight excluding hydrogens is 460 g/mol. The van der Waals surface area contributed by atoms with Crippen molar-refractivity contribution in [1.82, 2.24) is 0 Å². The van der Waals surface area contributed by atoms with Gasteiger partial charge in [0.2, 0.25) is 0 Å². The zero-order valence-corrected chi connectivity index (χ0v) is 21.9. The van der Waals surface area contributed by atoms with Crippen molar-refractivity contribution in [2.45, 2.75) is 41.5 Å². The molecule has 2 N–H and O–H groups in total. The predicted octanol–water partition coefficient (Wildman–Crippen LogP) is 7.44. The number of phenolic OH excluding ortho intramolecular Hbond substituents is 2. The van der Waals surface area contributed by atoms with Gasteiger partial charge in [0.25, 0.3) is 0 Å². The molecule has 0 aromatic heterocycles. The third kappa shape index (κ3) is 11.6. The molecule has 31 heavy (non-hydrogen) atoms. The number of hydrogen-bond acceptors (Lipinski definition) is 2. The number of benzene rings is 2. The van der Waals surface area contributed by atoms with Crippen LogP contribution in [0.1, 0.15) is 33.4 Å². The molecule has 0 unspecified atom stereocenters. The number of aryl methyl sites for hydroxylation is 6. The molecule has 0 fully saturated rings. The molecule has 0 aliphatic rings. The smallest absolute Gasteiger partial charge is 0.508 e. The minimum Gasteiger partial charge on any atom is -0.508 e. The van der Waals surface area contributed by atoms with Gasteiger partial charge in [0, 0.05) is 0 Å². The van der Waals surface area contributed by atoms with Crippen LogP contribution in [0.15, 0.2) is 84.9 Å². The average Bonchev–Trinajstić information content (AvgIpc) is 3.44. The molecule has 0 saturated carbocycles. The van der Waals surface area contributed by atoms with Crippen LogP contribution >= 0.6 is 0 Å². The van der Waals surface area contributed by atoms with Crippen LogP contribution in [0, 0.1) is 41.5 Å². The molecule has 2 nitrogen and oxygen atoms in total. The minimum atomic E-state index is 0. The molecule has 4 rings (SSSR count). The summed E-state index contributed by atoms with van der Waals surface area (Å²) < 4.78 is 0. The van der Waals surface area contributed by atoms with Crippen LogP contribution in [0.4, 0.5) is 0 Å². The summed E-state index contributed by atoms with van der Waals surface area (Å²) in [5, 5.41) is 18.4. The molecule has 4 aromatic rings. The summed E-state index contributed by atoms with van der Waals surface area (Å²) in [5.74, 6) is 0.784. The van der Waals surface area contributed by atoms with Crippen molar-refractivity contribution >= 4 is 0 Å². The average molecular weight is 494 g/mol. The second kappa shape index (κ2) is 15.4. The Morgan fingerprint density at radius 2 is 0.710 bits per heavy atom. The van der Waals surface area contributed by atoms with E-state index in [-0.39, 0.29) is 26.2 Å². The molecule has 0 heterocycles. The molecule has 0 aliphatic carbocycles.